The van der Waals surface area contributed by atoms with Gasteiger partial charge in [-0.3, -0.25) is 4.79 Å². The molecule has 3 rings (SSSR count). The van der Waals surface area contributed by atoms with Crippen LogP contribution in [0.25, 0.3) is 0 Å². The number of hydrogen-bond acceptors (Lipinski definition) is 5. The first-order valence-electron chi connectivity index (χ1n) is 7.48. The highest BCUT2D eigenvalue weighted by Crippen LogP contribution is 2.39. The Kier molecular flexibility index (Phi) is 4.81. The second-order valence-electron chi connectivity index (χ2n) is 5.31. The molecule has 24 heavy (non-hydrogen) atoms. The molecule has 0 amide bonds. The third-order valence-electron chi connectivity index (χ3n) is 3.62. The van der Waals surface area contributed by atoms with E-state index in [4.69, 9.17) is 30.5 Å². The lowest BCUT2D eigenvalue weighted by Gasteiger charge is -2.20. The zero-order valence-corrected chi connectivity index (χ0v) is 14.2. The SMILES string of the molecule is COc1cc(C(C)=O)ccc1OCc1cc(Cl)c2c(c1)OCCO2. The molecule has 5 nitrogen and oxygen atoms in total. The van der Waals surface area contributed by atoms with Crippen LogP contribution in [0.1, 0.15) is 22.8 Å². The van der Waals surface area contributed by atoms with E-state index in [-0.39, 0.29) is 12.4 Å². The number of rotatable bonds is 5. The van der Waals surface area contributed by atoms with E-state index in [1.54, 1.807) is 24.3 Å². The average molecular weight is 349 g/mol. The van der Waals surface area contributed by atoms with Crippen molar-refractivity contribution in [2.45, 2.75) is 13.5 Å². The Bertz CT molecular complexity index is 772. The van der Waals surface area contributed by atoms with Gasteiger partial charge in [0.15, 0.2) is 28.8 Å². The van der Waals surface area contributed by atoms with Gasteiger partial charge < -0.3 is 18.9 Å². The number of carbonyl (C=O) groups excluding carboxylic acids is 1. The average Bonchev–Trinajstić information content (AvgIpc) is 2.59. The maximum Gasteiger partial charge on any atom is 0.179 e. The van der Waals surface area contributed by atoms with Crippen molar-refractivity contribution in [1.82, 2.24) is 0 Å². The van der Waals surface area contributed by atoms with E-state index >= 15 is 0 Å². The number of hydrogen-bond donors (Lipinski definition) is 0. The van der Waals surface area contributed by atoms with E-state index in [0.717, 1.165) is 5.56 Å². The van der Waals surface area contributed by atoms with E-state index in [0.29, 0.717) is 46.8 Å². The van der Waals surface area contributed by atoms with Crippen LogP contribution in [0.3, 0.4) is 0 Å². The van der Waals surface area contributed by atoms with Crippen LogP contribution in [-0.4, -0.2) is 26.1 Å². The van der Waals surface area contributed by atoms with Crippen LogP contribution in [0.15, 0.2) is 30.3 Å². The maximum absolute atomic E-state index is 11.4. The summed E-state index contributed by atoms with van der Waals surface area (Å²) >= 11 is 6.22. The van der Waals surface area contributed by atoms with Gasteiger partial charge in [0, 0.05) is 5.56 Å². The van der Waals surface area contributed by atoms with Gasteiger partial charge in [-0.25, -0.2) is 0 Å². The molecule has 0 atom stereocenters. The smallest absolute Gasteiger partial charge is 0.179 e. The summed E-state index contributed by atoms with van der Waals surface area (Å²) in [6, 6.07) is 8.71. The second kappa shape index (κ2) is 7.01. The monoisotopic (exact) mass is 348 g/mol. The lowest BCUT2D eigenvalue weighted by Crippen LogP contribution is -2.16. The first-order valence-corrected chi connectivity index (χ1v) is 7.86. The fourth-order valence-electron chi connectivity index (χ4n) is 2.41. The van der Waals surface area contributed by atoms with Crippen molar-refractivity contribution in [3.8, 4) is 23.0 Å². The van der Waals surface area contributed by atoms with Gasteiger partial charge in [-0.05, 0) is 42.8 Å². The number of ether oxygens (including phenoxy) is 4. The minimum atomic E-state index is -0.0292. The highest BCUT2D eigenvalue weighted by Gasteiger charge is 2.17. The lowest BCUT2D eigenvalue weighted by molar-refractivity contribution is 0.101. The van der Waals surface area contributed by atoms with Crippen molar-refractivity contribution < 1.29 is 23.7 Å². The Balaban J connectivity index is 1.78. The maximum atomic E-state index is 11.4. The normalized spacial score (nSPS) is 12.6. The predicted octanol–water partition coefficient (Wildman–Crippen LogP) is 3.90. The number of benzene rings is 2. The fourth-order valence-corrected chi connectivity index (χ4v) is 2.70. The Hall–Kier alpha value is -2.40. The van der Waals surface area contributed by atoms with Crippen molar-refractivity contribution in [2.75, 3.05) is 20.3 Å². The molecule has 2 aromatic carbocycles. The molecule has 0 saturated heterocycles. The highest BCUT2D eigenvalue weighted by molar-refractivity contribution is 6.32. The Morgan fingerprint density at radius 3 is 2.71 bits per heavy atom. The van der Waals surface area contributed by atoms with Gasteiger partial charge in [0.1, 0.15) is 19.8 Å². The molecular formula is C18H17ClO5. The van der Waals surface area contributed by atoms with Gasteiger partial charge in [0.2, 0.25) is 0 Å². The van der Waals surface area contributed by atoms with Gasteiger partial charge in [0.05, 0.1) is 12.1 Å². The number of Topliss-reactive ketones (excluding diaryl/α,β-unsaturated/α-hetero) is 1. The molecule has 0 fully saturated rings. The van der Waals surface area contributed by atoms with Gasteiger partial charge in [-0.15, -0.1) is 0 Å². The first kappa shape index (κ1) is 16.5. The zero-order valence-electron chi connectivity index (χ0n) is 13.4. The third kappa shape index (κ3) is 3.41. The molecule has 126 valence electrons. The molecule has 1 aliphatic rings. The van der Waals surface area contributed by atoms with Crippen LogP contribution in [0.4, 0.5) is 0 Å². The molecule has 6 heteroatoms. The van der Waals surface area contributed by atoms with Crippen LogP contribution < -0.4 is 18.9 Å². The summed E-state index contributed by atoms with van der Waals surface area (Å²) in [6.07, 6.45) is 0. The fraction of sp³-hybridized carbons (Fsp3) is 0.278. The summed E-state index contributed by atoms with van der Waals surface area (Å²) in [4.78, 5) is 11.4. The van der Waals surface area contributed by atoms with Crippen molar-refractivity contribution in [3.63, 3.8) is 0 Å². The summed E-state index contributed by atoms with van der Waals surface area (Å²) in [6.45, 7) is 2.77. The van der Waals surface area contributed by atoms with Crippen LogP contribution in [0.5, 0.6) is 23.0 Å². The molecule has 1 heterocycles. The molecule has 0 radical (unpaired) electrons. The molecule has 2 aromatic rings. The minimum Gasteiger partial charge on any atom is -0.493 e. The number of halogens is 1. The summed E-state index contributed by atoms with van der Waals surface area (Å²) in [5.74, 6) is 2.21. The van der Waals surface area contributed by atoms with Gasteiger partial charge in [-0.1, -0.05) is 11.6 Å². The van der Waals surface area contributed by atoms with Gasteiger partial charge in [0.25, 0.3) is 0 Å². The summed E-state index contributed by atoms with van der Waals surface area (Å²) in [5, 5.41) is 0.490. The van der Waals surface area contributed by atoms with Crippen molar-refractivity contribution in [1.29, 1.82) is 0 Å². The topological polar surface area (TPSA) is 54.0 Å². The van der Waals surface area contributed by atoms with E-state index in [1.807, 2.05) is 6.07 Å². The van der Waals surface area contributed by atoms with Gasteiger partial charge in [-0.2, -0.15) is 0 Å². The quantitative estimate of drug-likeness (QED) is 0.767. The first-order chi connectivity index (χ1) is 11.6. The second-order valence-corrected chi connectivity index (χ2v) is 5.72. The van der Waals surface area contributed by atoms with E-state index in [1.165, 1.54) is 14.0 Å². The van der Waals surface area contributed by atoms with Crippen molar-refractivity contribution in [2.24, 2.45) is 0 Å². The number of fused-ring (bicyclic) bond motifs is 1. The molecule has 0 spiro atoms. The molecule has 0 N–H and O–H groups in total. The van der Waals surface area contributed by atoms with Crippen LogP contribution in [-0.2, 0) is 6.61 Å². The Morgan fingerprint density at radius 2 is 1.96 bits per heavy atom. The largest absolute Gasteiger partial charge is 0.493 e. The van der Waals surface area contributed by atoms with E-state index in [2.05, 4.69) is 0 Å². The van der Waals surface area contributed by atoms with Crippen molar-refractivity contribution in [3.05, 3.63) is 46.5 Å². The molecule has 0 unspecified atom stereocenters. The Morgan fingerprint density at radius 1 is 1.17 bits per heavy atom. The summed E-state index contributed by atoms with van der Waals surface area (Å²) < 4.78 is 22.1. The number of methoxy groups -OCH3 is 1. The van der Waals surface area contributed by atoms with E-state index < -0.39 is 0 Å². The summed E-state index contributed by atoms with van der Waals surface area (Å²) in [7, 11) is 1.53. The number of carbonyl (C=O) groups is 1. The standard InChI is InChI=1S/C18H17ClO5/c1-11(20)13-3-4-15(16(9-13)21-2)24-10-12-7-14(19)18-17(8-12)22-5-6-23-18/h3-4,7-9H,5-6,10H2,1-2H3. The van der Waals surface area contributed by atoms with Crippen LogP contribution >= 0.6 is 11.6 Å². The molecule has 0 bridgehead atoms. The molecule has 1 aliphatic heterocycles. The molecule has 0 saturated carbocycles. The highest BCUT2D eigenvalue weighted by atomic mass is 35.5. The lowest BCUT2D eigenvalue weighted by atomic mass is 10.1. The van der Waals surface area contributed by atoms with E-state index in [9.17, 15) is 4.79 Å². The van der Waals surface area contributed by atoms with Gasteiger partial charge >= 0.3 is 0 Å². The summed E-state index contributed by atoms with van der Waals surface area (Å²) in [5.41, 5.74) is 1.42. The molecular weight excluding hydrogens is 332 g/mol. The zero-order chi connectivity index (χ0) is 17.1. The molecule has 0 aromatic heterocycles. The third-order valence-corrected chi connectivity index (χ3v) is 3.90. The predicted molar refractivity (Wildman–Crippen MR) is 89.8 cm³/mol. The van der Waals surface area contributed by atoms with Crippen LogP contribution in [0.2, 0.25) is 5.02 Å². The minimum absolute atomic E-state index is 0.0292. The Labute approximate surface area is 145 Å². The van der Waals surface area contributed by atoms with Crippen LogP contribution in [0, 0.1) is 0 Å². The van der Waals surface area contributed by atoms with Crippen molar-refractivity contribution >= 4 is 17.4 Å². The molecule has 0 aliphatic carbocycles. The number of ketones is 1.